The molecule has 0 saturated heterocycles. The molecule has 2 N–H and O–H groups in total. The Morgan fingerprint density at radius 2 is 1.83 bits per heavy atom. The van der Waals surface area contributed by atoms with E-state index in [0.717, 1.165) is 11.6 Å². The van der Waals surface area contributed by atoms with E-state index in [4.69, 9.17) is 4.74 Å². The van der Waals surface area contributed by atoms with Gasteiger partial charge in [0.05, 0.1) is 19.3 Å². The minimum absolute atomic E-state index is 0.262. The minimum atomic E-state index is -4.90. The summed E-state index contributed by atoms with van der Waals surface area (Å²) in [5, 5.41) is 12.1. The number of benzene rings is 2. The first-order valence-electron chi connectivity index (χ1n) is 9.19. The Kier molecular flexibility index (Phi) is 5.53. The molecule has 0 aliphatic carbocycles. The van der Waals surface area contributed by atoms with Crippen LogP contribution >= 0.6 is 0 Å². The van der Waals surface area contributed by atoms with Crippen LogP contribution in [0, 0.1) is 5.82 Å². The summed E-state index contributed by atoms with van der Waals surface area (Å²) in [6.45, 7) is 2.75. The monoisotopic (exact) mass is 412 g/mol. The smallest absolute Gasteiger partial charge is 0.419 e. The highest BCUT2D eigenvalue weighted by Gasteiger charge is 2.57. The van der Waals surface area contributed by atoms with Crippen molar-refractivity contribution in [2.45, 2.75) is 44.0 Å². The third-order valence-corrected chi connectivity index (χ3v) is 5.32. The maximum absolute atomic E-state index is 14.0. The van der Waals surface area contributed by atoms with Gasteiger partial charge in [-0.3, -0.25) is 0 Å². The van der Waals surface area contributed by atoms with Crippen molar-refractivity contribution < 1.29 is 27.4 Å². The summed E-state index contributed by atoms with van der Waals surface area (Å²) in [5.41, 5.74) is 0.332. The van der Waals surface area contributed by atoms with Crippen molar-refractivity contribution in [1.29, 1.82) is 0 Å². The van der Waals surface area contributed by atoms with Crippen LogP contribution in [0.5, 0.6) is 5.75 Å². The summed E-state index contributed by atoms with van der Waals surface area (Å²) in [4.78, 5) is 0. The van der Waals surface area contributed by atoms with Crippen LogP contribution in [0.1, 0.15) is 31.4 Å². The number of hydrogen-bond acceptors (Lipinski definition) is 4. The molecule has 0 saturated carbocycles. The van der Waals surface area contributed by atoms with Gasteiger partial charge in [0.2, 0.25) is 0 Å². The molecule has 8 heteroatoms. The van der Waals surface area contributed by atoms with Crippen molar-refractivity contribution in [3.05, 3.63) is 59.4 Å². The third kappa shape index (κ3) is 4.18. The van der Waals surface area contributed by atoms with E-state index in [9.17, 15) is 22.7 Å². The average Bonchev–Trinajstić information content (AvgIpc) is 3.03. The maximum Gasteiger partial charge on any atom is 0.419 e. The molecule has 1 aliphatic heterocycles. The van der Waals surface area contributed by atoms with Gasteiger partial charge < -0.3 is 14.9 Å². The number of rotatable bonds is 6. The summed E-state index contributed by atoms with van der Waals surface area (Å²) in [6, 6.07) is 10.8. The fraction of sp³-hybridized carbons (Fsp3) is 0.429. The van der Waals surface area contributed by atoms with E-state index >= 15 is 0 Å². The number of hydrazine groups is 1. The second-order valence-electron chi connectivity index (χ2n) is 7.98. The molecular formula is C21H24F4N2O2. The molecule has 2 aromatic rings. The van der Waals surface area contributed by atoms with Gasteiger partial charge in [0, 0.05) is 12.1 Å². The average molecular weight is 412 g/mol. The summed E-state index contributed by atoms with van der Waals surface area (Å²) < 4.78 is 61.1. The number of aliphatic hydroxyl groups is 1. The van der Waals surface area contributed by atoms with Gasteiger partial charge in [0.25, 0.3) is 0 Å². The lowest BCUT2D eigenvalue weighted by Crippen LogP contribution is -2.57. The van der Waals surface area contributed by atoms with Crippen LogP contribution in [-0.4, -0.2) is 30.5 Å². The minimum Gasteiger partial charge on any atom is -0.496 e. The highest BCUT2D eigenvalue weighted by atomic mass is 19.4. The third-order valence-electron chi connectivity index (χ3n) is 5.32. The molecule has 1 aliphatic rings. The number of para-hydroxylation sites is 1. The molecule has 1 atom stereocenters. The quantitative estimate of drug-likeness (QED) is 0.694. The lowest BCUT2D eigenvalue weighted by molar-refractivity contribution is -0.262. The van der Waals surface area contributed by atoms with Crippen molar-refractivity contribution >= 4 is 5.69 Å². The van der Waals surface area contributed by atoms with Gasteiger partial charge in [-0.2, -0.15) is 13.2 Å². The van der Waals surface area contributed by atoms with E-state index in [1.165, 1.54) is 38.1 Å². The molecule has 2 aromatic carbocycles. The Balaban J connectivity index is 1.94. The summed E-state index contributed by atoms with van der Waals surface area (Å²) in [6.07, 6.45) is -5.58. The Bertz CT molecular complexity index is 885. The molecule has 1 heterocycles. The van der Waals surface area contributed by atoms with Crippen LogP contribution in [0.4, 0.5) is 23.2 Å². The largest absolute Gasteiger partial charge is 0.496 e. The van der Waals surface area contributed by atoms with Gasteiger partial charge >= 0.3 is 6.18 Å². The van der Waals surface area contributed by atoms with Gasteiger partial charge in [-0.1, -0.05) is 32.0 Å². The second-order valence-corrected chi connectivity index (χ2v) is 7.98. The number of nitrogens with zero attached hydrogens (tertiary/aromatic N) is 1. The first-order valence-corrected chi connectivity index (χ1v) is 9.19. The molecule has 0 spiro atoms. The Morgan fingerprint density at radius 3 is 2.48 bits per heavy atom. The van der Waals surface area contributed by atoms with Crippen LogP contribution in [0.3, 0.4) is 0 Å². The Labute approximate surface area is 167 Å². The van der Waals surface area contributed by atoms with Crippen molar-refractivity contribution in [2.24, 2.45) is 0 Å². The number of ether oxygens (including phenoxy) is 1. The van der Waals surface area contributed by atoms with Gasteiger partial charge in [0.1, 0.15) is 11.6 Å². The van der Waals surface area contributed by atoms with Gasteiger partial charge in [-0.05, 0) is 41.7 Å². The molecule has 1 unspecified atom stereocenters. The lowest BCUT2D eigenvalue weighted by Gasteiger charge is -2.40. The Morgan fingerprint density at radius 1 is 1.14 bits per heavy atom. The fourth-order valence-corrected chi connectivity index (χ4v) is 3.87. The van der Waals surface area contributed by atoms with Gasteiger partial charge in [-0.25, -0.2) is 9.82 Å². The predicted octanol–water partition coefficient (Wildman–Crippen LogP) is 4.32. The highest BCUT2D eigenvalue weighted by Crippen LogP contribution is 2.44. The van der Waals surface area contributed by atoms with Gasteiger partial charge in [-0.15, -0.1) is 0 Å². The lowest BCUT2D eigenvalue weighted by atomic mass is 9.74. The highest BCUT2D eigenvalue weighted by molar-refractivity contribution is 5.56. The van der Waals surface area contributed by atoms with E-state index in [1.54, 1.807) is 18.2 Å². The van der Waals surface area contributed by atoms with Crippen molar-refractivity contribution in [3.8, 4) is 5.75 Å². The van der Waals surface area contributed by atoms with Gasteiger partial charge in [0.15, 0.2) is 5.60 Å². The number of β-amino-alcohol motifs (C(OH)–C–C–N with tert-alkyl or cyclic N) is 1. The topological polar surface area (TPSA) is 44.7 Å². The Hall–Kier alpha value is -2.32. The van der Waals surface area contributed by atoms with Crippen LogP contribution < -0.4 is 15.2 Å². The van der Waals surface area contributed by atoms with E-state index in [2.05, 4.69) is 5.43 Å². The molecular weight excluding hydrogens is 388 g/mol. The zero-order valence-corrected chi connectivity index (χ0v) is 16.5. The van der Waals surface area contributed by atoms with Crippen molar-refractivity contribution in [1.82, 2.24) is 5.43 Å². The molecule has 0 radical (unpaired) electrons. The fourth-order valence-electron chi connectivity index (χ4n) is 3.87. The zero-order valence-electron chi connectivity index (χ0n) is 16.5. The van der Waals surface area contributed by atoms with E-state index in [0.29, 0.717) is 12.2 Å². The second kappa shape index (κ2) is 7.50. The van der Waals surface area contributed by atoms with E-state index in [1.807, 2.05) is 6.07 Å². The number of nitrogens with one attached hydrogen (secondary N) is 1. The normalized spacial score (nSPS) is 16.5. The molecule has 3 rings (SSSR count). The number of fused-ring (bicyclic) bond motifs is 1. The molecule has 0 bridgehead atoms. The molecule has 0 amide bonds. The number of methoxy groups -OCH3 is 1. The molecule has 0 fully saturated rings. The molecule has 158 valence electrons. The van der Waals surface area contributed by atoms with Crippen LogP contribution in [0.2, 0.25) is 0 Å². The van der Waals surface area contributed by atoms with E-state index in [-0.39, 0.29) is 11.3 Å². The molecule has 4 nitrogen and oxygen atoms in total. The zero-order chi connectivity index (χ0) is 21.4. The van der Waals surface area contributed by atoms with Crippen LogP contribution in [0.15, 0.2) is 42.5 Å². The summed E-state index contributed by atoms with van der Waals surface area (Å²) in [7, 11) is 1.37. The van der Waals surface area contributed by atoms with Crippen molar-refractivity contribution in [3.63, 3.8) is 0 Å². The predicted molar refractivity (Wildman–Crippen MR) is 102 cm³/mol. The maximum atomic E-state index is 14.0. The van der Waals surface area contributed by atoms with Crippen LogP contribution in [0.25, 0.3) is 0 Å². The number of halogens is 4. The first kappa shape index (κ1) is 21.4. The number of anilines is 1. The number of hydrogen-bond donors (Lipinski definition) is 2. The molecule has 0 aromatic heterocycles. The first-order chi connectivity index (χ1) is 13.5. The summed E-state index contributed by atoms with van der Waals surface area (Å²) >= 11 is 0. The van der Waals surface area contributed by atoms with Crippen molar-refractivity contribution in [2.75, 3.05) is 18.7 Å². The standard InChI is InChI=1S/C21H24F4N2O2/c1-19(2,16-10-15(22)8-9-18(16)29-3)12-20(28,21(23,24)25)13-27-17-7-5-4-6-14(17)11-26-27/h4-10,26,28H,11-13H2,1-3H3. The number of alkyl halides is 3. The summed E-state index contributed by atoms with van der Waals surface area (Å²) in [5.74, 6) is -0.315. The van der Waals surface area contributed by atoms with E-state index < -0.39 is 36.0 Å². The SMILES string of the molecule is COc1ccc(F)cc1C(C)(C)CC(O)(CN1NCc2ccccc21)C(F)(F)F. The molecule has 29 heavy (non-hydrogen) atoms. The van der Waals surface area contributed by atoms with Crippen LogP contribution in [-0.2, 0) is 12.0 Å².